The van der Waals surface area contributed by atoms with Crippen LogP contribution in [-0.4, -0.2) is 11.9 Å². The number of carbonyl (C=O) groups is 1. The zero-order valence-corrected chi connectivity index (χ0v) is 7.55. The van der Waals surface area contributed by atoms with Crippen LogP contribution < -0.4 is 5.32 Å². The van der Waals surface area contributed by atoms with E-state index < -0.39 is 0 Å². The van der Waals surface area contributed by atoms with Crippen molar-refractivity contribution in [2.75, 3.05) is 0 Å². The van der Waals surface area contributed by atoms with Crippen LogP contribution in [0.4, 0.5) is 0 Å². The van der Waals surface area contributed by atoms with Crippen molar-refractivity contribution in [2.24, 2.45) is 5.41 Å². The molecule has 0 aromatic heterocycles. The van der Waals surface area contributed by atoms with Crippen LogP contribution in [0.5, 0.6) is 0 Å². The van der Waals surface area contributed by atoms with Crippen LogP contribution in [0.2, 0.25) is 0 Å². The van der Waals surface area contributed by atoms with E-state index in [-0.39, 0.29) is 17.4 Å². The Morgan fingerprint density at radius 2 is 2.33 bits per heavy atom. The predicted octanol–water partition coefficient (Wildman–Crippen LogP) is 1.20. The van der Waals surface area contributed by atoms with Crippen LogP contribution in [0.1, 0.15) is 33.1 Å². The first-order valence-electron chi connectivity index (χ1n) is 4.30. The van der Waals surface area contributed by atoms with E-state index in [0.717, 1.165) is 12.8 Å². The Balaban J connectivity index is 2.27. The minimum absolute atomic E-state index is 0.0833. The lowest BCUT2D eigenvalue weighted by Gasteiger charge is -2.40. The number of nitrogens with zero attached hydrogens (tertiary/aromatic N) is 1. The molecule has 12 heavy (non-hydrogen) atoms. The highest BCUT2D eigenvalue weighted by Gasteiger charge is 2.40. The van der Waals surface area contributed by atoms with Crippen molar-refractivity contribution in [3.8, 4) is 6.07 Å². The van der Waals surface area contributed by atoms with Crippen LogP contribution in [0.3, 0.4) is 0 Å². The maximum Gasteiger partial charge on any atom is 0.219 e. The van der Waals surface area contributed by atoms with Crippen molar-refractivity contribution in [1.29, 1.82) is 5.26 Å². The summed E-state index contributed by atoms with van der Waals surface area (Å²) in [6.07, 6.45) is 2.13. The average Bonchev–Trinajstić information content (AvgIpc) is 2.01. The van der Waals surface area contributed by atoms with E-state index in [1.165, 1.54) is 0 Å². The Kier molecular flexibility index (Phi) is 2.37. The SMILES string of the molecule is CCC(=O)NC1CC(C)(C#N)C1. The molecule has 0 spiro atoms. The Bertz CT molecular complexity index is 223. The zero-order valence-electron chi connectivity index (χ0n) is 7.55. The topological polar surface area (TPSA) is 52.9 Å². The molecule has 0 unspecified atom stereocenters. The van der Waals surface area contributed by atoms with E-state index in [9.17, 15) is 4.79 Å². The van der Waals surface area contributed by atoms with Gasteiger partial charge in [-0.05, 0) is 19.8 Å². The van der Waals surface area contributed by atoms with Crippen LogP contribution in [-0.2, 0) is 4.79 Å². The molecule has 0 aromatic carbocycles. The molecule has 1 aliphatic rings. The second kappa shape index (κ2) is 3.14. The fourth-order valence-electron chi connectivity index (χ4n) is 1.55. The van der Waals surface area contributed by atoms with Gasteiger partial charge in [0.25, 0.3) is 0 Å². The largest absolute Gasteiger partial charge is 0.353 e. The van der Waals surface area contributed by atoms with Gasteiger partial charge in [-0.3, -0.25) is 4.79 Å². The molecular formula is C9H14N2O. The first-order chi connectivity index (χ1) is 5.59. The molecule has 1 aliphatic carbocycles. The van der Waals surface area contributed by atoms with Gasteiger partial charge < -0.3 is 5.32 Å². The van der Waals surface area contributed by atoms with Gasteiger partial charge in [0.2, 0.25) is 5.91 Å². The molecule has 0 radical (unpaired) electrons. The normalized spacial score (nSPS) is 33.2. The number of nitriles is 1. The third-order valence-corrected chi connectivity index (χ3v) is 2.35. The molecule has 0 aromatic rings. The molecule has 66 valence electrons. The second-order valence-electron chi connectivity index (χ2n) is 3.70. The number of hydrogen-bond donors (Lipinski definition) is 1. The zero-order chi connectivity index (χ0) is 9.19. The second-order valence-corrected chi connectivity index (χ2v) is 3.70. The number of hydrogen-bond acceptors (Lipinski definition) is 2. The first kappa shape index (κ1) is 9.05. The highest BCUT2D eigenvalue weighted by Crippen LogP contribution is 2.39. The number of amides is 1. The van der Waals surface area contributed by atoms with E-state index in [1.54, 1.807) is 0 Å². The lowest BCUT2D eigenvalue weighted by molar-refractivity contribution is -0.122. The lowest BCUT2D eigenvalue weighted by atomic mass is 9.68. The minimum atomic E-state index is -0.189. The summed E-state index contributed by atoms with van der Waals surface area (Å²) >= 11 is 0. The van der Waals surface area contributed by atoms with E-state index in [0.29, 0.717) is 6.42 Å². The van der Waals surface area contributed by atoms with Crippen LogP contribution in [0.25, 0.3) is 0 Å². The van der Waals surface area contributed by atoms with Crippen molar-refractivity contribution < 1.29 is 4.79 Å². The molecule has 0 heterocycles. The van der Waals surface area contributed by atoms with Crippen LogP contribution in [0.15, 0.2) is 0 Å². The molecule has 3 nitrogen and oxygen atoms in total. The summed E-state index contributed by atoms with van der Waals surface area (Å²) < 4.78 is 0. The molecule has 0 atom stereocenters. The standard InChI is InChI=1S/C9H14N2O/c1-3-8(12)11-7-4-9(2,5-7)6-10/h7H,3-5H2,1-2H3,(H,11,12). The summed E-state index contributed by atoms with van der Waals surface area (Å²) in [5.41, 5.74) is -0.189. The summed E-state index contributed by atoms with van der Waals surface area (Å²) in [4.78, 5) is 10.9. The summed E-state index contributed by atoms with van der Waals surface area (Å²) in [6.45, 7) is 3.76. The fraction of sp³-hybridized carbons (Fsp3) is 0.778. The van der Waals surface area contributed by atoms with Gasteiger partial charge in [-0.2, -0.15) is 5.26 Å². The molecular weight excluding hydrogens is 152 g/mol. The third-order valence-electron chi connectivity index (χ3n) is 2.35. The molecule has 0 saturated heterocycles. The van der Waals surface area contributed by atoms with Gasteiger partial charge in [-0.25, -0.2) is 0 Å². The lowest BCUT2D eigenvalue weighted by Crippen LogP contribution is -2.48. The van der Waals surface area contributed by atoms with Gasteiger partial charge in [-0.15, -0.1) is 0 Å². The van der Waals surface area contributed by atoms with Gasteiger partial charge in [0.1, 0.15) is 0 Å². The summed E-state index contributed by atoms with van der Waals surface area (Å²) in [6, 6.07) is 2.49. The third kappa shape index (κ3) is 1.76. The Morgan fingerprint density at radius 3 is 2.75 bits per heavy atom. The molecule has 1 rings (SSSR count). The summed E-state index contributed by atoms with van der Waals surface area (Å²) in [5, 5.41) is 11.6. The fourth-order valence-corrected chi connectivity index (χ4v) is 1.55. The maximum absolute atomic E-state index is 10.9. The summed E-state index contributed by atoms with van der Waals surface area (Å²) in [5.74, 6) is 0.0833. The highest BCUT2D eigenvalue weighted by molar-refractivity contribution is 5.76. The molecule has 0 bridgehead atoms. The number of nitrogens with one attached hydrogen (secondary N) is 1. The predicted molar refractivity (Wildman–Crippen MR) is 45.2 cm³/mol. The van der Waals surface area contributed by atoms with Gasteiger partial charge in [0.05, 0.1) is 11.5 Å². The molecule has 1 saturated carbocycles. The average molecular weight is 166 g/mol. The molecule has 1 fully saturated rings. The minimum Gasteiger partial charge on any atom is -0.353 e. The molecule has 0 aliphatic heterocycles. The summed E-state index contributed by atoms with van der Waals surface area (Å²) in [7, 11) is 0. The highest BCUT2D eigenvalue weighted by atomic mass is 16.1. The van der Waals surface area contributed by atoms with Crippen molar-refractivity contribution in [3.63, 3.8) is 0 Å². The van der Waals surface area contributed by atoms with Gasteiger partial charge in [-0.1, -0.05) is 6.92 Å². The number of rotatable bonds is 2. The van der Waals surface area contributed by atoms with Gasteiger partial charge in [0.15, 0.2) is 0 Å². The van der Waals surface area contributed by atoms with Crippen molar-refractivity contribution in [2.45, 2.75) is 39.2 Å². The molecule has 3 heteroatoms. The van der Waals surface area contributed by atoms with E-state index >= 15 is 0 Å². The smallest absolute Gasteiger partial charge is 0.219 e. The molecule has 1 amide bonds. The van der Waals surface area contributed by atoms with Crippen LogP contribution >= 0.6 is 0 Å². The Hall–Kier alpha value is -1.04. The van der Waals surface area contributed by atoms with Crippen molar-refractivity contribution >= 4 is 5.91 Å². The van der Waals surface area contributed by atoms with Crippen molar-refractivity contribution in [3.05, 3.63) is 0 Å². The van der Waals surface area contributed by atoms with Crippen molar-refractivity contribution in [1.82, 2.24) is 5.32 Å². The van der Waals surface area contributed by atoms with E-state index in [1.807, 2.05) is 13.8 Å². The Labute approximate surface area is 72.8 Å². The quantitative estimate of drug-likeness (QED) is 0.670. The monoisotopic (exact) mass is 166 g/mol. The van der Waals surface area contributed by atoms with Gasteiger partial charge in [0, 0.05) is 12.5 Å². The maximum atomic E-state index is 10.9. The van der Waals surface area contributed by atoms with Gasteiger partial charge >= 0.3 is 0 Å². The van der Waals surface area contributed by atoms with E-state index in [2.05, 4.69) is 11.4 Å². The number of carbonyl (C=O) groups excluding carboxylic acids is 1. The van der Waals surface area contributed by atoms with E-state index in [4.69, 9.17) is 5.26 Å². The Morgan fingerprint density at radius 1 is 1.75 bits per heavy atom. The van der Waals surface area contributed by atoms with Crippen LogP contribution in [0, 0.1) is 16.7 Å². The molecule has 1 N–H and O–H groups in total. The first-order valence-corrected chi connectivity index (χ1v) is 4.30.